The van der Waals surface area contributed by atoms with Crippen LogP contribution >= 0.6 is 23.2 Å². The Morgan fingerprint density at radius 2 is 2.07 bits per heavy atom. The van der Waals surface area contributed by atoms with Crippen LogP contribution in [-0.4, -0.2) is 16.6 Å². The van der Waals surface area contributed by atoms with Gasteiger partial charge in [-0.3, -0.25) is 0 Å². The average Bonchev–Trinajstić information content (AvgIpc) is 2.23. The Hall–Kier alpha value is -0.540. The van der Waals surface area contributed by atoms with E-state index in [2.05, 4.69) is 16.9 Å². The molecule has 84 valence electrons. The highest BCUT2D eigenvalue weighted by molar-refractivity contribution is 6.32. The monoisotopic (exact) mass is 248 g/mol. The normalized spacial score (nSPS) is 10.3. The molecule has 0 spiro atoms. The number of nitrogens with zero attached hydrogens (tertiary/aromatic N) is 2. The molecule has 0 aliphatic heterocycles. The van der Waals surface area contributed by atoms with Crippen molar-refractivity contribution in [2.45, 2.75) is 32.6 Å². The maximum absolute atomic E-state index is 5.83. The van der Waals surface area contributed by atoms with Crippen molar-refractivity contribution in [2.75, 3.05) is 6.61 Å². The molecule has 0 fully saturated rings. The van der Waals surface area contributed by atoms with E-state index in [0.717, 1.165) is 12.8 Å². The molecule has 0 bridgehead atoms. The van der Waals surface area contributed by atoms with Crippen LogP contribution in [0.1, 0.15) is 32.6 Å². The summed E-state index contributed by atoms with van der Waals surface area (Å²) in [5, 5.41) is 0.554. The molecule has 0 unspecified atom stereocenters. The van der Waals surface area contributed by atoms with Crippen molar-refractivity contribution in [3.8, 4) is 5.88 Å². The molecular formula is C10H14Cl2N2O. The standard InChI is InChI=1S/C10H14Cl2N2O/c1-2-3-4-5-6-15-9-8(11)7-13-10(12)14-9/h7H,2-6H2,1H3. The molecule has 0 atom stereocenters. The Balaban J connectivity index is 2.33. The molecule has 0 N–H and O–H groups in total. The summed E-state index contributed by atoms with van der Waals surface area (Å²) in [5.41, 5.74) is 0. The van der Waals surface area contributed by atoms with Crippen LogP contribution in [0.4, 0.5) is 0 Å². The third-order valence-electron chi connectivity index (χ3n) is 1.92. The second kappa shape index (κ2) is 6.85. The zero-order chi connectivity index (χ0) is 11.1. The van der Waals surface area contributed by atoms with E-state index in [4.69, 9.17) is 27.9 Å². The first kappa shape index (κ1) is 12.5. The van der Waals surface area contributed by atoms with Crippen molar-refractivity contribution in [3.63, 3.8) is 0 Å². The van der Waals surface area contributed by atoms with Gasteiger partial charge >= 0.3 is 0 Å². The summed E-state index contributed by atoms with van der Waals surface area (Å²) in [6.07, 6.45) is 6.04. The van der Waals surface area contributed by atoms with Gasteiger partial charge in [0.1, 0.15) is 5.02 Å². The lowest BCUT2D eigenvalue weighted by Crippen LogP contribution is -2.00. The molecule has 0 saturated heterocycles. The lowest BCUT2D eigenvalue weighted by atomic mass is 10.2. The third kappa shape index (κ3) is 4.67. The van der Waals surface area contributed by atoms with Crippen molar-refractivity contribution in [1.82, 2.24) is 9.97 Å². The molecule has 0 aliphatic rings. The lowest BCUT2D eigenvalue weighted by molar-refractivity contribution is 0.293. The predicted molar refractivity (Wildman–Crippen MR) is 61.7 cm³/mol. The third-order valence-corrected chi connectivity index (χ3v) is 2.36. The van der Waals surface area contributed by atoms with Crippen LogP contribution in [0.2, 0.25) is 10.3 Å². The number of halogens is 2. The van der Waals surface area contributed by atoms with Gasteiger partial charge in [-0.05, 0) is 18.0 Å². The van der Waals surface area contributed by atoms with Crippen LogP contribution in [-0.2, 0) is 0 Å². The summed E-state index contributed by atoms with van der Waals surface area (Å²) >= 11 is 11.4. The fourth-order valence-electron chi connectivity index (χ4n) is 1.13. The quantitative estimate of drug-likeness (QED) is 0.569. The second-order valence-corrected chi connectivity index (χ2v) is 3.95. The van der Waals surface area contributed by atoms with E-state index < -0.39 is 0 Å². The van der Waals surface area contributed by atoms with Gasteiger partial charge in [0.15, 0.2) is 0 Å². The van der Waals surface area contributed by atoms with E-state index in [1.807, 2.05) is 0 Å². The fourth-order valence-corrected chi connectivity index (χ4v) is 1.40. The lowest BCUT2D eigenvalue weighted by Gasteiger charge is -2.06. The fraction of sp³-hybridized carbons (Fsp3) is 0.600. The Kier molecular flexibility index (Phi) is 5.73. The number of aromatic nitrogens is 2. The van der Waals surface area contributed by atoms with Crippen molar-refractivity contribution in [2.24, 2.45) is 0 Å². The smallest absolute Gasteiger partial charge is 0.237 e. The first-order chi connectivity index (χ1) is 7.24. The number of unbranched alkanes of at least 4 members (excludes halogenated alkanes) is 3. The number of rotatable bonds is 6. The van der Waals surface area contributed by atoms with E-state index in [9.17, 15) is 0 Å². The topological polar surface area (TPSA) is 35.0 Å². The summed E-state index contributed by atoms with van der Waals surface area (Å²) in [4.78, 5) is 7.63. The van der Waals surface area contributed by atoms with E-state index in [-0.39, 0.29) is 5.28 Å². The van der Waals surface area contributed by atoms with Crippen LogP contribution in [0.25, 0.3) is 0 Å². The van der Waals surface area contributed by atoms with Gasteiger partial charge in [-0.25, -0.2) is 4.98 Å². The minimum Gasteiger partial charge on any atom is -0.477 e. The van der Waals surface area contributed by atoms with E-state index in [0.29, 0.717) is 17.5 Å². The van der Waals surface area contributed by atoms with Crippen molar-refractivity contribution in [1.29, 1.82) is 0 Å². The first-order valence-corrected chi connectivity index (χ1v) is 5.80. The van der Waals surface area contributed by atoms with Gasteiger partial charge < -0.3 is 4.74 Å². The molecule has 0 saturated carbocycles. The SMILES string of the molecule is CCCCCCOc1nc(Cl)ncc1Cl. The molecular weight excluding hydrogens is 235 g/mol. The van der Waals surface area contributed by atoms with Crippen LogP contribution in [0.15, 0.2) is 6.20 Å². The van der Waals surface area contributed by atoms with Crippen molar-refractivity contribution in [3.05, 3.63) is 16.5 Å². The molecule has 5 heteroatoms. The van der Waals surface area contributed by atoms with Crippen LogP contribution in [0, 0.1) is 0 Å². The van der Waals surface area contributed by atoms with Crippen LogP contribution in [0.3, 0.4) is 0 Å². The summed E-state index contributed by atoms with van der Waals surface area (Å²) < 4.78 is 5.40. The molecule has 0 radical (unpaired) electrons. The van der Waals surface area contributed by atoms with Gasteiger partial charge in [0.25, 0.3) is 0 Å². The maximum atomic E-state index is 5.83. The number of hydrogen-bond acceptors (Lipinski definition) is 3. The molecule has 1 aromatic heterocycles. The molecule has 1 heterocycles. The minimum absolute atomic E-state index is 0.156. The van der Waals surface area contributed by atoms with E-state index in [1.165, 1.54) is 19.0 Å². The first-order valence-electron chi connectivity index (χ1n) is 5.05. The van der Waals surface area contributed by atoms with Gasteiger partial charge in [-0.15, -0.1) is 0 Å². The van der Waals surface area contributed by atoms with Crippen molar-refractivity contribution < 1.29 is 4.74 Å². The Labute approximate surface area is 99.8 Å². The Bertz CT molecular complexity index is 307. The number of hydrogen-bond donors (Lipinski definition) is 0. The highest BCUT2D eigenvalue weighted by Gasteiger charge is 2.04. The van der Waals surface area contributed by atoms with E-state index in [1.54, 1.807) is 0 Å². The Morgan fingerprint density at radius 1 is 1.27 bits per heavy atom. The summed E-state index contributed by atoms with van der Waals surface area (Å²) in [5.74, 6) is 0.369. The highest BCUT2D eigenvalue weighted by Crippen LogP contribution is 2.21. The van der Waals surface area contributed by atoms with E-state index >= 15 is 0 Å². The van der Waals surface area contributed by atoms with Crippen LogP contribution in [0.5, 0.6) is 5.88 Å². The summed E-state index contributed by atoms with van der Waals surface area (Å²) in [6, 6.07) is 0. The molecule has 15 heavy (non-hydrogen) atoms. The van der Waals surface area contributed by atoms with Gasteiger partial charge in [-0.2, -0.15) is 4.98 Å². The van der Waals surface area contributed by atoms with Crippen molar-refractivity contribution >= 4 is 23.2 Å². The molecule has 0 amide bonds. The van der Waals surface area contributed by atoms with Crippen LogP contribution < -0.4 is 4.74 Å². The van der Waals surface area contributed by atoms with Gasteiger partial charge in [0.2, 0.25) is 11.2 Å². The molecule has 0 aliphatic carbocycles. The predicted octanol–water partition coefficient (Wildman–Crippen LogP) is 3.74. The Morgan fingerprint density at radius 3 is 2.80 bits per heavy atom. The second-order valence-electron chi connectivity index (χ2n) is 3.20. The molecule has 3 nitrogen and oxygen atoms in total. The largest absolute Gasteiger partial charge is 0.477 e. The minimum atomic E-state index is 0.156. The van der Waals surface area contributed by atoms with Gasteiger partial charge in [0.05, 0.1) is 12.8 Å². The molecule has 0 aromatic carbocycles. The highest BCUT2D eigenvalue weighted by atomic mass is 35.5. The molecule has 1 rings (SSSR count). The maximum Gasteiger partial charge on any atom is 0.237 e. The average molecular weight is 249 g/mol. The van der Waals surface area contributed by atoms with Gasteiger partial charge in [-0.1, -0.05) is 37.8 Å². The summed E-state index contributed by atoms with van der Waals surface area (Å²) in [7, 11) is 0. The summed E-state index contributed by atoms with van der Waals surface area (Å²) in [6.45, 7) is 2.79. The zero-order valence-corrected chi connectivity index (χ0v) is 10.2. The zero-order valence-electron chi connectivity index (χ0n) is 8.67. The molecule has 1 aromatic rings. The number of ether oxygens (including phenoxy) is 1. The van der Waals surface area contributed by atoms with Gasteiger partial charge in [0, 0.05) is 0 Å².